The van der Waals surface area contributed by atoms with Gasteiger partial charge in [0.25, 0.3) is 0 Å². The summed E-state index contributed by atoms with van der Waals surface area (Å²) in [5.41, 5.74) is 0.954. The average molecular weight is 209 g/mol. The van der Waals surface area contributed by atoms with Crippen molar-refractivity contribution in [3.05, 3.63) is 11.5 Å². The predicted octanol–water partition coefficient (Wildman–Crippen LogP) is 1.54. The van der Waals surface area contributed by atoms with Crippen LogP contribution in [0.1, 0.15) is 34.1 Å². The molecule has 0 unspecified atom stereocenters. The Bertz CT molecular complexity index is 262. The highest BCUT2D eigenvalue weighted by molar-refractivity contribution is 6.51. The van der Waals surface area contributed by atoms with E-state index in [-0.39, 0.29) is 18.3 Å². The minimum Gasteiger partial charge on any atom is -0.400 e. The summed E-state index contributed by atoms with van der Waals surface area (Å²) in [6.45, 7) is 10.4. The van der Waals surface area contributed by atoms with E-state index < -0.39 is 0 Å². The van der Waals surface area contributed by atoms with Gasteiger partial charge in [0.2, 0.25) is 0 Å². The Balaban J connectivity index is 2.06. The molecular weight excluding hydrogens is 189 g/mol. The highest BCUT2D eigenvalue weighted by atomic mass is 16.7. The molecule has 1 N–H and O–H groups in total. The Hall–Kier alpha value is -0.315. The lowest BCUT2D eigenvalue weighted by Crippen LogP contribution is -2.41. The van der Waals surface area contributed by atoms with Gasteiger partial charge >= 0.3 is 7.12 Å². The molecule has 0 bridgehead atoms. The van der Waals surface area contributed by atoms with Crippen molar-refractivity contribution in [3.63, 3.8) is 0 Å². The maximum absolute atomic E-state index is 5.90. The van der Waals surface area contributed by atoms with Gasteiger partial charge < -0.3 is 14.6 Å². The van der Waals surface area contributed by atoms with Crippen LogP contribution in [0, 0.1) is 0 Å². The second kappa shape index (κ2) is 3.61. The van der Waals surface area contributed by atoms with Crippen molar-refractivity contribution < 1.29 is 9.31 Å². The van der Waals surface area contributed by atoms with Crippen molar-refractivity contribution in [3.8, 4) is 0 Å². The summed E-state index contributed by atoms with van der Waals surface area (Å²) in [5, 5.41) is 3.31. The Labute approximate surface area is 92.4 Å². The van der Waals surface area contributed by atoms with E-state index in [2.05, 4.69) is 39.0 Å². The first kappa shape index (κ1) is 11.2. The van der Waals surface area contributed by atoms with Gasteiger partial charge in [-0.1, -0.05) is 11.5 Å². The summed E-state index contributed by atoms with van der Waals surface area (Å²) in [6, 6.07) is 0. The van der Waals surface area contributed by atoms with E-state index in [4.69, 9.17) is 9.31 Å². The molecule has 2 aliphatic heterocycles. The molecule has 0 radical (unpaired) electrons. The molecule has 2 aliphatic rings. The molecule has 4 heteroatoms. The average Bonchev–Trinajstić information content (AvgIpc) is 2.59. The third-order valence-corrected chi connectivity index (χ3v) is 3.62. The Morgan fingerprint density at radius 2 is 1.80 bits per heavy atom. The van der Waals surface area contributed by atoms with Crippen LogP contribution in [-0.4, -0.2) is 31.4 Å². The topological polar surface area (TPSA) is 30.5 Å². The zero-order valence-electron chi connectivity index (χ0n) is 10.1. The highest BCUT2D eigenvalue weighted by Crippen LogP contribution is 2.37. The van der Waals surface area contributed by atoms with E-state index in [0.717, 1.165) is 19.5 Å². The number of hydrogen-bond donors (Lipinski definition) is 1. The van der Waals surface area contributed by atoms with Gasteiger partial charge in [0.1, 0.15) is 0 Å². The van der Waals surface area contributed by atoms with Gasteiger partial charge in [-0.05, 0) is 40.7 Å². The van der Waals surface area contributed by atoms with Crippen LogP contribution in [0.15, 0.2) is 11.5 Å². The van der Waals surface area contributed by atoms with E-state index in [9.17, 15) is 0 Å². The van der Waals surface area contributed by atoms with Crippen molar-refractivity contribution in [2.24, 2.45) is 0 Å². The third kappa shape index (κ3) is 2.12. The lowest BCUT2D eigenvalue weighted by atomic mass is 9.87. The normalized spacial score (nSPS) is 31.5. The fourth-order valence-corrected chi connectivity index (χ4v) is 1.88. The summed E-state index contributed by atoms with van der Waals surface area (Å²) < 4.78 is 11.8. The van der Waals surface area contributed by atoms with Crippen molar-refractivity contribution in [2.75, 3.05) is 13.1 Å². The lowest BCUT2D eigenvalue weighted by Gasteiger charge is -2.32. The molecule has 3 nitrogen and oxygen atoms in total. The first-order valence-electron chi connectivity index (χ1n) is 5.67. The van der Waals surface area contributed by atoms with Crippen LogP contribution in [0.3, 0.4) is 0 Å². The standard InChI is InChI=1S/C11H20BNO2/c1-10(2)11(3,4)15-12(14-10)7-9-5-6-13-8-9/h7,13H,5-6,8H2,1-4H3. The van der Waals surface area contributed by atoms with Crippen LogP contribution >= 0.6 is 0 Å². The van der Waals surface area contributed by atoms with Gasteiger partial charge in [-0.15, -0.1) is 0 Å². The summed E-state index contributed by atoms with van der Waals surface area (Å²) in [6.07, 6.45) is 1.12. The fraction of sp³-hybridized carbons (Fsp3) is 0.818. The number of hydrogen-bond acceptors (Lipinski definition) is 3. The molecule has 2 fully saturated rings. The zero-order chi connectivity index (χ0) is 11.1. The van der Waals surface area contributed by atoms with Crippen LogP contribution in [0.5, 0.6) is 0 Å². The second-order valence-corrected chi connectivity index (χ2v) is 5.38. The Morgan fingerprint density at radius 1 is 1.20 bits per heavy atom. The Kier molecular flexibility index (Phi) is 2.69. The van der Waals surface area contributed by atoms with Crippen LogP contribution in [0.25, 0.3) is 0 Å². The summed E-state index contributed by atoms with van der Waals surface area (Å²) in [4.78, 5) is 0. The monoisotopic (exact) mass is 209 g/mol. The van der Waals surface area contributed by atoms with E-state index in [0.29, 0.717) is 0 Å². The molecule has 84 valence electrons. The summed E-state index contributed by atoms with van der Waals surface area (Å²) >= 11 is 0. The SMILES string of the molecule is CC1(C)OB(C=C2CCNC2)OC1(C)C. The third-order valence-electron chi connectivity index (χ3n) is 3.62. The first-order valence-corrected chi connectivity index (χ1v) is 5.67. The maximum Gasteiger partial charge on any atom is 0.487 e. The zero-order valence-corrected chi connectivity index (χ0v) is 10.1. The van der Waals surface area contributed by atoms with Gasteiger partial charge in [0.05, 0.1) is 11.2 Å². The van der Waals surface area contributed by atoms with Gasteiger partial charge in [0, 0.05) is 6.54 Å². The smallest absolute Gasteiger partial charge is 0.400 e. The van der Waals surface area contributed by atoms with Gasteiger partial charge in [-0.3, -0.25) is 0 Å². The second-order valence-electron chi connectivity index (χ2n) is 5.38. The van der Waals surface area contributed by atoms with Crippen molar-refractivity contribution >= 4 is 7.12 Å². The molecule has 0 amide bonds. The molecular formula is C11H20BNO2. The highest BCUT2D eigenvalue weighted by Gasteiger charge is 2.50. The van der Waals surface area contributed by atoms with E-state index >= 15 is 0 Å². The Morgan fingerprint density at radius 3 is 2.27 bits per heavy atom. The number of rotatable bonds is 1. The molecule has 15 heavy (non-hydrogen) atoms. The van der Waals surface area contributed by atoms with Gasteiger partial charge in [0.15, 0.2) is 0 Å². The van der Waals surface area contributed by atoms with Crippen molar-refractivity contribution in [1.82, 2.24) is 5.32 Å². The maximum atomic E-state index is 5.90. The minimum atomic E-state index is -0.221. The van der Waals surface area contributed by atoms with Crippen molar-refractivity contribution in [2.45, 2.75) is 45.3 Å². The molecule has 2 rings (SSSR count). The molecule has 0 aromatic carbocycles. The number of nitrogens with one attached hydrogen (secondary N) is 1. The summed E-state index contributed by atoms with van der Waals surface area (Å²) in [7, 11) is -0.176. The molecule has 0 aromatic rings. The van der Waals surface area contributed by atoms with Crippen LogP contribution in [0.4, 0.5) is 0 Å². The van der Waals surface area contributed by atoms with E-state index in [1.54, 1.807) is 0 Å². The summed E-state index contributed by atoms with van der Waals surface area (Å²) in [5.74, 6) is 2.12. The van der Waals surface area contributed by atoms with E-state index in [1.807, 2.05) is 0 Å². The van der Waals surface area contributed by atoms with Crippen LogP contribution in [0.2, 0.25) is 0 Å². The quantitative estimate of drug-likeness (QED) is 0.664. The predicted molar refractivity (Wildman–Crippen MR) is 61.7 cm³/mol. The molecule has 2 saturated heterocycles. The van der Waals surface area contributed by atoms with Crippen molar-refractivity contribution in [1.29, 1.82) is 0 Å². The molecule has 0 aliphatic carbocycles. The molecule has 2 heterocycles. The largest absolute Gasteiger partial charge is 0.487 e. The van der Waals surface area contributed by atoms with Crippen LogP contribution < -0.4 is 5.32 Å². The van der Waals surface area contributed by atoms with Crippen LogP contribution in [-0.2, 0) is 9.31 Å². The lowest BCUT2D eigenvalue weighted by molar-refractivity contribution is 0.00578. The molecule has 0 aromatic heterocycles. The van der Waals surface area contributed by atoms with Gasteiger partial charge in [-0.2, -0.15) is 0 Å². The van der Waals surface area contributed by atoms with E-state index in [1.165, 1.54) is 5.57 Å². The van der Waals surface area contributed by atoms with Gasteiger partial charge in [-0.25, -0.2) is 0 Å². The first-order chi connectivity index (χ1) is 6.91. The minimum absolute atomic E-state index is 0.176. The molecule has 0 spiro atoms. The molecule has 0 atom stereocenters. The fourth-order valence-electron chi connectivity index (χ4n) is 1.88. The molecule has 0 saturated carbocycles.